The number of anilines is 1. The van der Waals surface area contributed by atoms with Crippen molar-refractivity contribution in [3.8, 4) is 17.2 Å². The van der Waals surface area contributed by atoms with E-state index in [1.165, 1.54) is 33.5 Å². The molecule has 1 aliphatic rings. The molecule has 9 heteroatoms. The Balaban J connectivity index is 1.81. The summed E-state index contributed by atoms with van der Waals surface area (Å²) < 4.78 is 15.9. The lowest BCUT2D eigenvalue weighted by molar-refractivity contribution is -0.112. The van der Waals surface area contributed by atoms with Gasteiger partial charge in [-0.05, 0) is 49.8 Å². The molecule has 0 saturated carbocycles. The summed E-state index contributed by atoms with van der Waals surface area (Å²) in [7, 11) is 4.39. The van der Waals surface area contributed by atoms with E-state index in [0.717, 1.165) is 5.57 Å². The third-order valence-electron chi connectivity index (χ3n) is 5.16. The van der Waals surface area contributed by atoms with E-state index in [-0.39, 0.29) is 17.4 Å². The molecule has 35 heavy (non-hydrogen) atoms. The summed E-state index contributed by atoms with van der Waals surface area (Å²) in [5.74, 6) is 0.114. The van der Waals surface area contributed by atoms with Crippen LogP contribution in [0.3, 0.4) is 0 Å². The first kappa shape index (κ1) is 25.1. The number of nitrogens with two attached hydrogens (primary N) is 1. The standard InChI is InChI=1S/C26H28N4O5/c1-16-9-8-12-19(15-20(16)25(32)28-18-10-6-5-7-11-18)29-26(27)30-24(31)17-13-21(33-2)23(35-4)22(14-17)34-3/h5-8,10-15H,9H2,1-4H3,(H,28,32)(H3,27,29,30,31). The highest BCUT2D eigenvalue weighted by molar-refractivity contribution is 6.07. The van der Waals surface area contributed by atoms with E-state index in [4.69, 9.17) is 19.9 Å². The third kappa shape index (κ3) is 6.29. The monoisotopic (exact) mass is 476 g/mol. The second-order valence-electron chi connectivity index (χ2n) is 7.56. The van der Waals surface area contributed by atoms with E-state index in [2.05, 4.69) is 15.6 Å². The molecular formula is C26H28N4O5. The van der Waals surface area contributed by atoms with Gasteiger partial charge in [0.05, 0.1) is 27.0 Å². The Morgan fingerprint density at radius 1 is 0.971 bits per heavy atom. The van der Waals surface area contributed by atoms with Gasteiger partial charge in [-0.3, -0.25) is 14.9 Å². The van der Waals surface area contributed by atoms with Crippen molar-refractivity contribution in [3.05, 3.63) is 83.1 Å². The quantitative estimate of drug-likeness (QED) is 0.415. The summed E-state index contributed by atoms with van der Waals surface area (Å²) in [6, 6.07) is 12.2. The number of carbonyl (C=O) groups is 2. The van der Waals surface area contributed by atoms with Gasteiger partial charge in [0.1, 0.15) is 0 Å². The molecule has 1 aliphatic carbocycles. The molecule has 2 amide bonds. The van der Waals surface area contributed by atoms with E-state index in [0.29, 0.717) is 40.6 Å². The van der Waals surface area contributed by atoms with Crippen molar-refractivity contribution in [3.63, 3.8) is 0 Å². The van der Waals surface area contributed by atoms with Crippen molar-refractivity contribution in [2.75, 3.05) is 26.6 Å². The number of rotatable bonds is 7. The fraction of sp³-hybridized carbons (Fsp3) is 0.192. The lowest BCUT2D eigenvalue weighted by Crippen LogP contribution is -2.36. The predicted molar refractivity (Wildman–Crippen MR) is 135 cm³/mol. The van der Waals surface area contributed by atoms with Crippen molar-refractivity contribution < 1.29 is 23.8 Å². The molecule has 9 nitrogen and oxygen atoms in total. The number of amides is 2. The van der Waals surface area contributed by atoms with Gasteiger partial charge < -0.3 is 25.3 Å². The Bertz CT molecular complexity index is 1200. The number of aliphatic imine (C=N–C) groups is 1. The maximum absolute atomic E-state index is 12.9. The number of allylic oxidation sites excluding steroid dienone is 3. The highest BCUT2D eigenvalue weighted by Crippen LogP contribution is 2.38. The van der Waals surface area contributed by atoms with Crippen LogP contribution < -0.4 is 30.6 Å². The van der Waals surface area contributed by atoms with E-state index in [9.17, 15) is 9.59 Å². The lowest BCUT2D eigenvalue weighted by Gasteiger charge is -2.14. The highest BCUT2D eigenvalue weighted by Gasteiger charge is 2.18. The fourth-order valence-corrected chi connectivity index (χ4v) is 3.40. The average Bonchev–Trinajstić information content (AvgIpc) is 3.04. The van der Waals surface area contributed by atoms with Crippen LogP contribution in [-0.2, 0) is 4.79 Å². The minimum Gasteiger partial charge on any atom is -0.493 e. The first-order valence-corrected chi connectivity index (χ1v) is 10.8. The van der Waals surface area contributed by atoms with Crippen molar-refractivity contribution in [1.82, 2.24) is 5.32 Å². The van der Waals surface area contributed by atoms with Crippen LogP contribution in [-0.4, -0.2) is 39.1 Å². The van der Waals surface area contributed by atoms with Crippen LogP contribution in [0.4, 0.5) is 5.69 Å². The summed E-state index contributed by atoms with van der Waals surface area (Å²) in [5.41, 5.74) is 8.70. The molecule has 0 saturated heterocycles. The summed E-state index contributed by atoms with van der Waals surface area (Å²) in [6.07, 6.45) is 5.83. The van der Waals surface area contributed by atoms with E-state index in [1.807, 2.05) is 43.3 Å². The third-order valence-corrected chi connectivity index (χ3v) is 5.16. The summed E-state index contributed by atoms with van der Waals surface area (Å²) in [4.78, 5) is 30.0. The van der Waals surface area contributed by atoms with Crippen LogP contribution in [0, 0.1) is 0 Å². The first-order valence-electron chi connectivity index (χ1n) is 10.8. The van der Waals surface area contributed by atoms with Gasteiger partial charge in [-0.1, -0.05) is 29.8 Å². The molecule has 182 valence electrons. The molecule has 4 N–H and O–H groups in total. The Kier molecular flexibility index (Phi) is 8.29. The number of hydrogen-bond acceptors (Lipinski definition) is 6. The van der Waals surface area contributed by atoms with Gasteiger partial charge in [-0.2, -0.15) is 0 Å². The molecule has 0 spiro atoms. The maximum Gasteiger partial charge on any atom is 0.258 e. The summed E-state index contributed by atoms with van der Waals surface area (Å²) >= 11 is 0. The zero-order valence-corrected chi connectivity index (χ0v) is 20.0. The predicted octanol–water partition coefficient (Wildman–Crippen LogP) is 3.56. The SMILES string of the molecule is COc1cc(C(=O)NC(N)=NC2=CC(C(=O)Nc3ccccc3)=C(C)CC=C2)cc(OC)c1OC. The van der Waals surface area contributed by atoms with Crippen LogP contribution in [0.5, 0.6) is 17.2 Å². The van der Waals surface area contributed by atoms with E-state index >= 15 is 0 Å². The van der Waals surface area contributed by atoms with E-state index < -0.39 is 5.91 Å². The van der Waals surface area contributed by atoms with Crippen LogP contribution in [0.2, 0.25) is 0 Å². The second kappa shape index (κ2) is 11.6. The molecule has 0 aromatic heterocycles. The molecule has 2 aromatic carbocycles. The Morgan fingerprint density at radius 2 is 1.63 bits per heavy atom. The van der Waals surface area contributed by atoms with Gasteiger partial charge in [0.15, 0.2) is 11.5 Å². The molecule has 0 heterocycles. The highest BCUT2D eigenvalue weighted by atomic mass is 16.5. The first-order chi connectivity index (χ1) is 16.9. The van der Waals surface area contributed by atoms with Gasteiger partial charge in [0.2, 0.25) is 11.7 Å². The number of para-hydroxylation sites is 1. The number of carbonyl (C=O) groups excluding carboxylic acids is 2. The van der Waals surface area contributed by atoms with Gasteiger partial charge in [0.25, 0.3) is 11.8 Å². The maximum atomic E-state index is 12.9. The van der Waals surface area contributed by atoms with Crippen molar-refractivity contribution in [1.29, 1.82) is 0 Å². The lowest BCUT2D eigenvalue weighted by atomic mass is 10.1. The van der Waals surface area contributed by atoms with Crippen LogP contribution in [0.15, 0.2) is 82.5 Å². The van der Waals surface area contributed by atoms with Crippen molar-refractivity contribution in [2.24, 2.45) is 10.7 Å². The van der Waals surface area contributed by atoms with Gasteiger partial charge in [-0.25, -0.2) is 4.99 Å². The number of nitrogens with one attached hydrogen (secondary N) is 2. The van der Waals surface area contributed by atoms with Crippen LogP contribution >= 0.6 is 0 Å². The Morgan fingerprint density at radius 3 is 2.23 bits per heavy atom. The van der Waals surface area contributed by atoms with Crippen molar-refractivity contribution >= 4 is 23.5 Å². The number of ether oxygens (including phenoxy) is 3. The zero-order chi connectivity index (χ0) is 25.4. The molecule has 0 unspecified atom stereocenters. The van der Waals surface area contributed by atoms with Crippen LogP contribution in [0.1, 0.15) is 23.7 Å². The smallest absolute Gasteiger partial charge is 0.258 e. The molecule has 2 aromatic rings. The summed E-state index contributed by atoms with van der Waals surface area (Å²) in [5, 5.41) is 5.42. The molecule has 0 bridgehead atoms. The zero-order valence-electron chi connectivity index (χ0n) is 20.0. The second-order valence-corrected chi connectivity index (χ2v) is 7.56. The Hall–Kier alpha value is -4.53. The number of guanidine groups is 1. The average molecular weight is 477 g/mol. The number of methoxy groups -OCH3 is 3. The number of hydrogen-bond donors (Lipinski definition) is 3. The fourth-order valence-electron chi connectivity index (χ4n) is 3.40. The number of nitrogens with zero attached hydrogens (tertiary/aromatic N) is 1. The minimum absolute atomic E-state index is 0.137. The van der Waals surface area contributed by atoms with E-state index in [1.54, 1.807) is 12.2 Å². The molecule has 0 radical (unpaired) electrons. The number of benzene rings is 2. The Labute approximate surface area is 204 Å². The normalized spacial score (nSPS) is 13.5. The molecular weight excluding hydrogens is 448 g/mol. The molecule has 3 rings (SSSR count). The summed E-state index contributed by atoms with van der Waals surface area (Å²) in [6.45, 7) is 1.88. The van der Waals surface area contributed by atoms with Crippen LogP contribution in [0.25, 0.3) is 0 Å². The van der Waals surface area contributed by atoms with Gasteiger partial charge >= 0.3 is 0 Å². The van der Waals surface area contributed by atoms with Crippen molar-refractivity contribution in [2.45, 2.75) is 13.3 Å². The van der Waals surface area contributed by atoms with Gasteiger partial charge in [0, 0.05) is 16.8 Å². The molecule has 0 fully saturated rings. The topological polar surface area (TPSA) is 124 Å². The largest absolute Gasteiger partial charge is 0.493 e. The molecule has 0 atom stereocenters. The minimum atomic E-state index is -0.516. The van der Waals surface area contributed by atoms with Gasteiger partial charge in [-0.15, -0.1) is 0 Å². The molecule has 0 aliphatic heterocycles.